The first-order chi connectivity index (χ1) is 14.0. The summed E-state index contributed by atoms with van der Waals surface area (Å²) < 4.78 is 0.772. The highest BCUT2D eigenvalue weighted by Crippen LogP contribution is 2.27. The van der Waals surface area contributed by atoms with Crippen molar-refractivity contribution in [3.8, 4) is 0 Å². The number of fused-ring (bicyclic) bond motifs is 1. The average Bonchev–Trinajstić information content (AvgIpc) is 3.36. The van der Waals surface area contributed by atoms with Gasteiger partial charge in [-0.25, -0.2) is 9.97 Å². The van der Waals surface area contributed by atoms with Crippen LogP contribution in [0.5, 0.6) is 0 Å². The molecule has 3 aromatic rings. The number of carbonyl (C=O) groups excluding carboxylic acids is 2. The van der Waals surface area contributed by atoms with E-state index in [0.717, 1.165) is 22.3 Å². The molecule has 4 heterocycles. The standard InChI is InChI=1S/C20H22N6O2S/c1-12(15-5-3-4-8-21-15)22-20-24-16-7-10-29-18(16)17(25-20)19(28)26-9-6-14(11-26)23-13(2)27/h3-5,7-8,10,12,14H,6,9,11H2,1-2H3,(H,23,27)(H,22,24,25). The first kappa shape index (κ1) is 19.3. The van der Waals surface area contributed by atoms with Gasteiger partial charge in [0.1, 0.15) is 0 Å². The van der Waals surface area contributed by atoms with Crippen molar-refractivity contribution in [1.82, 2.24) is 25.2 Å². The molecule has 2 amide bonds. The minimum atomic E-state index is -0.138. The van der Waals surface area contributed by atoms with Crippen LogP contribution in [-0.2, 0) is 4.79 Å². The second kappa shape index (κ2) is 8.12. The Labute approximate surface area is 172 Å². The molecule has 0 radical (unpaired) electrons. The van der Waals surface area contributed by atoms with E-state index < -0.39 is 0 Å². The topological polar surface area (TPSA) is 100 Å². The molecule has 0 spiro atoms. The Morgan fingerprint density at radius 1 is 1.28 bits per heavy atom. The van der Waals surface area contributed by atoms with Crippen LogP contribution in [0.1, 0.15) is 42.5 Å². The van der Waals surface area contributed by atoms with Crippen molar-refractivity contribution in [2.24, 2.45) is 0 Å². The molecule has 2 atom stereocenters. The van der Waals surface area contributed by atoms with Gasteiger partial charge in [-0.3, -0.25) is 14.6 Å². The Kier molecular flexibility index (Phi) is 5.39. The highest BCUT2D eigenvalue weighted by Gasteiger charge is 2.30. The van der Waals surface area contributed by atoms with Crippen LogP contribution < -0.4 is 10.6 Å². The summed E-state index contributed by atoms with van der Waals surface area (Å²) in [5.74, 6) is 0.179. The normalized spacial score (nSPS) is 17.3. The van der Waals surface area contributed by atoms with E-state index >= 15 is 0 Å². The van der Waals surface area contributed by atoms with Crippen molar-refractivity contribution in [1.29, 1.82) is 0 Å². The summed E-state index contributed by atoms with van der Waals surface area (Å²) in [6.45, 7) is 4.55. The number of hydrogen-bond donors (Lipinski definition) is 2. The third-order valence-electron chi connectivity index (χ3n) is 4.87. The van der Waals surface area contributed by atoms with Crippen LogP contribution >= 0.6 is 11.3 Å². The molecule has 0 aromatic carbocycles. The predicted molar refractivity (Wildman–Crippen MR) is 112 cm³/mol. The maximum Gasteiger partial charge on any atom is 0.274 e. The maximum atomic E-state index is 13.2. The highest BCUT2D eigenvalue weighted by molar-refractivity contribution is 7.17. The summed E-state index contributed by atoms with van der Waals surface area (Å²) >= 11 is 1.45. The summed E-state index contributed by atoms with van der Waals surface area (Å²) in [6, 6.07) is 7.49. The number of thiophene rings is 1. The first-order valence-electron chi connectivity index (χ1n) is 9.50. The van der Waals surface area contributed by atoms with E-state index in [4.69, 9.17) is 0 Å². The number of amides is 2. The lowest BCUT2D eigenvalue weighted by atomic mass is 10.2. The minimum Gasteiger partial charge on any atom is -0.352 e. The van der Waals surface area contributed by atoms with Crippen molar-refractivity contribution in [3.05, 3.63) is 47.2 Å². The molecule has 1 saturated heterocycles. The third-order valence-corrected chi connectivity index (χ3v) is 5.78. The summed E-state index contributed by atoms with van der Waals surface area (Å²) in [7, 11) is 0. The monoisotopic (exact) mass is 410 g/mol. The van der Waals surface area contributed by atoms with Crippen LogP contribution in [0.2, 0.25) is 0 Å². The van der Waals surface area contributed by atoms with Gasteiger partial charge in [-0.15, -0.1) is 11.3 Å². The number of pyridine rings is 1. The van der Waals surface area contributed by atoms with E-state index in [1.54, 1.807) is 11.1 Å². The lowest BCUT2D eigenvalue weighted by Crippen LogP contribution is -2.37. The van der Waals surface area contributed by atoms with Gasteiger partial charge < -0.3 is 15.5 Å². The number of rotatable bonds is 5. The van der Waals surface area contributed by atoms with Crippen LogP contribution in [0, 0.1) is 0 Å². The van der Waals surface area contributed by atoms with Gasteiger partial charge in [-0.2, -0.15) is 0 Å². The summed E-state index contributed by atoms with van der Waals surface area (Å²) in [4.78, 5) is 39.7. The van der Waals surface area contributed by atoms with Crippen molar-refractivity contribution < 1.29 is 9.59 Å². The van der Waals surface area contributed by atoms with E-state index in [2.05, 4.69) is 25.6 Å². The molecule has 1 fully saturated rings. The lowest BCUT2D eigenvalue weighted by Gasteiger charge is -2.18. The number of hydrogen-bond acceptors (Lipinski definition) is 7. The molecular formula is C20H22N6O2S. The van der Waals surface area contributed by atoms with Crippen molar-refractivity contribution in [3.63, 3.8) is 0 Å². The lowest BCUT2D eigenvalue weighted by molar-refractivity contribution is -0.119. The maximum absolute atomic E-state index is 13.2. The summed E-state index contributed by atoms with van der Waals surface area (Å²) in [5.41, 5.74) is 2.00. The molecule has 29 heavy (non-hydrogen) atoms. The zero-order chi connectivity index (χ0) is 20.4. The van der Waals surface area contributed by atoms with Crippen LogP contribution in [-0.4, -0.2) is 50.8 Å². The van der Waals surface area contributed by atoms with Gasteiger partial charge in [0.05, 0.1) is 22.0 Å². The van der Waals surface area contributed by atoms with E-state index in [-0.39, 0.29) is 23.9 Å². The molecule has 1 aliphatic heterocycles. The van der Waals surface area contributed by atoms with Crippen LogP contribution in [0.25, 0.3) is 10.2 Å². The number of anilines is 1. The average molecular weight is 411 g/mol. The van der Waals surface area contributed by atoms with Crippen molar-refractivity contribution >= 4 is 39.3 Å². The fraction of sp³-hybridized carbons (Fsp3) is 0.350. The van der Waals surface area contributed by atoms with E-state index in [0.29, 0.717) is 24.7 Å². The molecule has 0 aliphatic carbocycles. The number of nitrogens with zero attached hydrogens (tertiary/aromatic N) is 4. The highest BCUT2D eigenvalue weighted by atomic mass is 32.1. The Hall–Kier alpha value is -3.07. The quantitative estimate of drug-likeness (QED) is 0.671. The Bertz CT molecular complexity index is 1040. The number of aromatic nitrogens is 3. The molecule has 0 bridgehead atoms. The predicted octanol–water partition coefficient (Wildman–Crippen LogP) is 2.61. The molecule has 1 aliphatic rings. The van der Waals surface area contributed by atoms with E-state index in [9.17, 15) is 9.59 Å². The Morgan fingerprint density at radius 3 is 2.90 bits per heavy atom. The van der Waals surface area contributed by atoms with Gasteiger partial charge >= 0.3 is 0 Å². The van der Waals surface area contributed by atoms with Gasteiger partial charge in [0.25, 0.3) is 5.91 Å². The minimum absolute atomic E-state index is 0.0149. The molecule has 2 N–H and O–H groups in total. The molecule has 0 saturated carbocycles. The number of nitrogens with one attached hydrogen (secondary N) is 2. The fourth-order valence-electron chi connectivity index (χ4n) is 3.47. The number of likely N-dealkylation sites (tertiary alicyclic amines) is 1. The zero-order valence-corrected chi connectivity index (χ0v) is 17.1. The largest absolute Gasteiger partial charge is 0.352 e. The Balaban J connectivity index is 1.58. The molecule has 9 heteroatoms. The SMILES string of the molecule is CC(=O)NC1CCN(C(=O)c2nc(NC(C)c3ccccn3)nc3ccsc23)C1. The van der Waals surface area contributed by atoms with Crippen molar-refractivity contribution in [2.75, 3.05) is 18.4 Å². The van der Waals surface area contributed by atoms with Gasteiger partial charge in [-0.1, -0.05) is 6.07 Å². The molecule has 2 unspecified atom stereocenters. The van der Waals surface area contributed by atoms with E-state index in [1.807, 2.05) is 36.6 Å². The third kappa shape index (κ3) is 4.19. The van der Waals surface area contributed by atoms with E-state index in [1.165, 1.54) is 18.3 Å². The van der Waals surface area contributed by atoms with Gasteiger partial charge in [0.2, 0.25) is 11.9 Å². The molecule has 3 aromatic heterocycles. The molecule has 8 nitrogen and oxygen atoms in total. The van der Waals surface area contributed by atoms with Crippen LogP contribution in [0.3, 0.4) is 0 Å². The Morgan fingerprint density at radius 2 is 2.14 bits per heavy atom. The smallest absolute Gasteiger partial charge is 0.274 e. The van der Waals surface area contributed by atoms with Crippen molar-refractivity contribution in [2.45, 2.75) is 32.4 Å². The second-order valence-corrected chi connectivity index (χ2v) is 8.00. The van der Waals surface area contributed by atoms with Crippen LogP contribution in [0.15, 0.2) is 35.8 Å². The zero-order valence-electron chi connectivity index (χ0n) is 16.3. The fourth-order valence-corrected chi connectivity index (χ4v) is 4.28. The first-order valence-corrected chi connectivity index (χ1v) is 10.4. The molecular weight excluding hydrogens is 388 g/mol. The molecule has 150 valence electrons. The van der Waals surface area contributed by atoms with Gasteiger partial charge in [0.15, 0.2) is 5.69 Å². The molecule has 4 rings (SSSR count). The van der Waals surface area contributed by atoms with Gasteiger partial charge in [0, 0.05) is 32.3 Å². The number of carbonyl (C=O) groups is 2. The summed E-state index contributed by atoms with van der Waals surface area (Å²) in [5, 5.41) is 8.05. The second-order valence-electron chi connectivity index (χ2n) is 7.09. The summed E-state index contributed by atoms with van der Waals surface area (Å²) in [6.07, 6.45) is 2.48. The van der Waals surface area contributed by atoms with Crippen LogP contribution in [0.4, 0.5) is 5.95 Å². The van der Waals surface area contributed by atoms with Gasteiger partial charge in [-0.05, 0) is 36.9 Å².